The average molecular weight is 217 g/mol. The minimum Gasteiger partial charge on any atom is -0.465 e. The van der Waals surface area contributed by atoms with Gasteiger partial charge in [-0.25, -0.2) is 4.79 Å². The third kappa shape index (κ3) is 2.17. The van der Waals surface area contributed by atoms with Gasteiger partial charge in [0.2, 0.25) is 5.15 Å². The van der Waals surface area contributed by atoms with Gasteiger partial charge < -0.3 is 14.9 Å². The summed E-state index contributed by atoms with van der Waals surface area (Å²) in [6.45, 7) is 0. The lowest BCUT2D eigenvalue weighted by atomic mass is 10.2. The summed E-state index contributed by atoms with van der Waals surface area (Å²) < 4.78 is 4.38. The fourth-order valence-corrected chi connectivity index (χ4v) is 1.02. The van der Waals surface area contributed by atoms with Gasteiger partial charge >= 0.3 is 11.8 Å². The molecule has 1 aromatic heterocycles. The van der Waals surface area contributed by atoms with E-state index in [0.717, 1.165) is 6.07 Å². The van der Waals surface area contributed by atoms with E-state index in [2.05, 4.69) is 9.72 Å². The lowest BCUT2D eigenvalue weighted by Gasteiger charge is -1.98. The predicted molar refractivity (Wildman–Crippen MR) is 47.2 cm³/mol. The number of halogens is 1. The Balaban J connectivity index is 3.20. The minimum atomic E-state index is -0.738. The molecule has 0 bridgehead atoms. The highest BCUT2D eigenvalue weighted by molar-refractivity contribution is 6.29. The molecule has 14 heavy (non-hydrogen) atoms. The summed E-state index contributed by atoms with van der Waals surface area (Å²) in [4.78, 5) is 24.0. The molecule has 0 atom stereocenters. The Morgan fingerprint density at radius 2 is 2.29 bits per heavy atom. The van der Waals surface area contributed by atoms with Gasteiger partial charge in [0, 0.05) is 6.07 Å². The van der Waals surface area contributed by atoms with Gasteiger partial charge in [-0.3, -0.25) is 0 Å². The highest BCUT2D eigenvalue weighted by Gasteiger charge is 2.16. The monoisotopic (exact) mass is 216 g/mol. The Labute approximate surface area is 83.6 Å². The van der Waals surface area contributed by atoms with Crippen LogP contribution in [-0.4, -0.2) is 23.0 Å². The fourth-order valence-electron chi connectivity index (χ4n) is 0.812. The SMILES string of the molecule is COC(=O)c1cc(Cl)nc([N+](=O)[O-])c1. The molecule has 0 amide bonds. The van der Waals surface area contributed by atoms with E-state index in [1.807, 2.05) is 0 Å². The van der Waals surface area contributed by atoms with Crippen LogP contribution in [0.2, 0.25) is 5.15 Å². The van der Waals surface area contributed by atoms with Crippen LogP contribution in [0.4, 0.5) is 5.82 Å². The number of esters is 1. The quantitative estimate of drug-likeness (QED) is 0.323. The summed E-state index contributed by atoms with van der Waals surface area (Å²) in [7, 11) is 1.17. The van der Waals surface area contributed by atoms with Gasteiger partial charge in [-0.15, -0.1) is 0 Å². The number of hydrogen-bond donors (Lipinski definition) is 0. The molecule has 1 rings (SSSR count). The molecule has 0 unspecified atom stereocenters. The van der Waals surface area contributed by atoms with Crippen molar-refractivity contribution in [1.29, 1.82) is 0 Å². The second kappa shape index (κ2) is 4.01. The zero-order valence-corrected chi connectivity index (χ0v) is 7.82. The number of carbonyl (C=O) groups excluding carboxylic acids is 1. The zero-order valence-electron chi connectivity index (χ0n) is 7.06. The molecule has 0 aromatic carbocycles. The summed E-state index contributed by atoms with van der Waals surface area (Å²) in [5.74, 6) is -1.18. The van der Waals surface area contributed by atoms with Crippen LogP contribution in [0.15, 0.2) is 12.1 Å². The molecule has 0 radical (unpaired) electrons. The van der Waals surface area contributed by atoms with Crippen LogP contribution in [0.3, 0.4) is 0 Å². The van der Waals surface area contributed by atoms with Gasteiger partial charge in [0.05, 0.1) is 18.7 Å². The normalized spacial score (nSPS) is 9.57. The van der Waals surface area contributed by atoms with E-state index in [9.17, 15) is 14.9 Å². The third-order valence-electron chi connectivity index (χ3n) is 1.39. The van der Waals surface area contributed by atoms with E-state index < -0.39 is 16.7 Å². The van der Waals surface area contributed by atoms with Crippen LogP contribution < -0.4 is 0 Å². The van der Waals surface area contributed by atoms with Crippen molar-refractivity contribution in [3.8, 4) is 0 Å². The van der Waals surface area contributed by atoms with Crippen molar-refractivity contribution in [3.05, 3.63) is 33.0 Å². The molecule has 0 spiro atoms. The molecule has 74 valence electrons. The largest absolute Gasteiger partial charge is 0.465 e. The molecule has 0 saturated heterocycles. The number of aromatic nitrogens is 1. The molecule has 0 fully saturated rings. The second-order valence-corrected chi connectivity index (χ2v) is 2.67. The Kier molecular flexibility index (Phi) is 2.98. The van der Waals surface area contributed by atoms with Gasteiger partial charge in [-0.1, -0.05) is 0 Å². The van der Waals surface area contributed by atoms with Crippen LogP contribution in [0.5, 0.6) is 0 Å². The van der Waals surface area contributed by atoms with Crippen molar-refractivity contribution in [1.82, 2.24) is 4.98 Å². The van der Waals surface area contributed by atoms with Gasteiger partial charge in [0.25, 0.3) is 0 Å². The average Bonchev–Trinajstić information content (AvgIpc) is 2.15. The van der Waals surface area contributed by atoms with Crippen molar-refractivity contribution in [2.24, 2.45) is 0 Å². The van der Waals surface area contributed by atoms with Crippen molar-refractivity contribution < 1.29 is 14.5 Å². The van der Waals surface area contributed by atoms with E-state index in [-0.39, 0.29) is 10.7 Å². The molecule has 0 saturated carbocycles. The van der Waals surface area contributed by atoms with Crippen LogP contribution >= 0.6 is 11.6 Å². The molecule has 6 nitrogen and oxygen atoms in total. The topological polar surface area (TPSA) is 82.3 Å². The number of rotatable bonds is 2. The van der Waals surface area contributed by atoms with Crippen LogP contribution in [0, 0.1) is 10.1 Å². The number of nitrogens with zero attached hydrogens (tertiary/aromatic N) is 2. The van der Waals surface area contributed by atoms with Crippen LogP contribution in [0.1, 0.15) is 10.4 Å². The maximum Gasteiger partial charge on any atom is 0.365 e. The first-order valence-corrected chi connectivity index (χ1v) is 3.82. The Morgan fingerprint density at radius 3 is 2.79 bits per heavy atom. The number of methoxy groups -OCH3 is 1. The van der Waals surface area contributed by atoms with Gasteiger partial charge in [0.15, 0.2) is 0 Å². The van der Waals surface area contributed by atoms with Gasteiger partial charge in [0.1, 0.15) is 0 Å². The predicted octanol–water partition coefficient (Wildman–Crippen LogP) is 1.43. The highest BCUT2D eigenvalue weighted by Crippen LogP contribution is 2.16. The maximum absolute atomic E-state index is 11.0. The first-order chi connectivity index (χ1) is 6.54. The summed E-state index contributed by atoms with van der Waals surface area (Å²) in [6, 6.07) is 2.19. The van der Waals surface area contributed by atoms with Crippen LogP contribution in [-0.2, 0) is 4.74 Å². The standard InChI is InChI=1S/C7H5ClN2O4/c1-14-7(11)4-2-5(8)9-6(3-4)10(12)13/h2-3H,1H3. The van der Waals surface area contributed by atoms with Crippen LogP contribution in [0.25, 0.3) is 0 Å². The summed E-state index contributed by atoms with van der Waals surface area (Å²) >= 11 is 5.47. The highest BCUT2D eigenvalue weighted by atomic mass is 35.5. The summed E-state index contributed by atoms with van der Waals surface area (Å²) in [6.07, 6.45) is 0. The molecule has 0 aliphatic carbocycles. The Hall–Kier alpha value is -1.69. The van der Waals surface area contributed by atoms with E-state index in [1.165, 1.54) is 13.2 Å². The molecule has 0 aliphatic rings. The van der Waals surface area contributed by atoms with Crippen molar-refractivity contribution in [3.63, 3.8) is 0 Å². The third-order valence-corrected chi connectivity index (χ3v) is 1.58. The lowest BCUT2D eigenvalue weighted by molar-refractivity contribution is -0.389. The van der Waals surface area contributed by atoms with Crippen molar-refractivity contribution in [2.45, 2.75) is 0 Å². The van der Waals surface area contributed by atoms with E-state index in [4.69, 9.17) is 11.6 Å². The van der Waals surface area contributed by atoms with Crippen molar-refractivity contribution in [2.75, 3.05) is 7.11 Å². The summed E-state index contributed by atoms with van der Waals surface area (Å²) in [5.41, 5.74) is -0.000741. The van der Waals surface area contributed by atoms with Gasteiger partial charge in [-0.2, -0.15) is 0 Å². The van der Waals surface area contributed by atoms with E-state index in [0.29, 0.717) is 0 Å². The van der Waals surface area contributed by atoms with Crippen molar-refractivity contribution >= 4 is 23.4 Å². The number of ether oxygens (including phenoxy) is 1. The minimum absolute atomic E-state index is 0.000741. The van der Waals surface area contributed by atoms with Gasteiger partial charge in [-0.05, 0) is 21.5 Å². The zero-order chi connectivity index (χ0) is 10.7. The molecular formula is C7H5ClN2O4. The number of hydrogen-bond acceptors (Lipinski definition) is 5. The second-order valence-electron chi connectivity index (χ2n) is 2.29. The molecular weight excluding hydrogens is 212 g/mol. The maximum atomic E-state index is 11.0. The van der Waals surface area contributed by atoms with E-state index >= 15 is 0 Å². The molecule has 0 N–H and O–H groups in total. The first-order valence-electron chi connectivity index (χ1n) is 3.45. The number of pyridine rings is 1. The molecule has 0 aliphatic heterocycles. The summed E-state index contributed by atoms with van der Waals surface area (Å²) in [5, 5.41) is 10.2. The molecule has 7 heteroatoms. The fraction of sp³-hybridized carbons (Fsp3) is 0.143. The first kappa shape index (κ1) is 10.4. The Morgan fingerprint density at radius 1 is 1.64 bits per heavy atom. The smallest absolute Gasteiger partial charge is 0.365 e. The Bertz CT molecular complexity index is 393. The molecule has 1 aromatic rings. The number of nitro groups is 1. The van der Waals surface area contributed by atoms with E-state index in [1.54, 1.807) is 0 Å². The number of carbonyl (C=O) groups is 1. The lowest BCUT2D eigenvalue weighted by Crippen LogP contribution is -2.03. The molecule has 1 heterocycles.